The van der Waals surface area contributed by atoms with Gasteiger partial charge in [-0.25, -0.2) is 0 Å². The zero-order valence-corrected chi connectivity index (χ0v) is 12.7. The Kier molecular flexibility index (Phi) is 4.44. The van der Waals surface area contributed by atoms with Crippen LogP contribution in [0, 0.1) is 6.92 Å². The first kappa shape index (κ1) is 13.6. The average molecular weight is 325 g/mol. The number of aryl methyl sites for hydroxylation is 1. The van der Waals surface area contributed by atoms with Crippen LogP contribution in [-0.4, -0.2) is 7.05 Å². The van der Waals surface area contributed by atoms with Crippen molar-refractivity contribution in [2.75, 3.05) is 7.05 Å². The third-order valence-electron chi connectivity index (χ3n) is 2.98. The first-order valence-electron chi connectivity index (χ1n) is 5.80. The molecule has 0 amide bonds. The van der Waals surface area contributed by atoms with Crippen LogP contribution in [0.3, 0.4) is 0 Å². The highest BCUT2D eigenvalue weighted by Crippen LogP contribution is 2.29. The summed E-state index contributed by atoms with van der Waals surface area (Å²) >= 11 is 9.50. The van der Waals surface area contributed by atoms with Gasteiger partial charge in [0.2, 0.25) is 0 Å². The predicted molar refractivity (Wildman–Crippen MR) is 81.2 cm³/mol. The van der Waals surface area contributed by atoms with Crippen molar-refractivity contribution in [2.24, 2.45) is 0 Å². The van der Waals surface area contributed by atoms with E-state index in [2.05, 4.69) is 58.5 Å². The van der Waals surface area contributed by atoms with E-state index in [0.29, 0.717) is 0 Å². The molecule has 0 saturated carbocycles. The molecule has 2 aromatic rings. The van der Waals surface area contributed by atoms with Crippen LogP contribution in [0.15, 0.2) is 46.9 Å². The predicted octanol–water partition coefficient (Wildman–Crippen LogP) is 4.72. The van der Waals surface area contributed by atoms with Crippen LogP contribution in [-0.2, 0) is 0 Å². The summed E-state index contributed by atoms with van der Waals surface area (Å²) in [5.74, 6) is 0. The minimum Gasteiger partial charge on any atom is -0.309 e. The summed E-state index contributed by atoms with van der Waals surface area (Å²) in [7, 11) is 1.97. The summed E-state index contributed by atoms with van der Waals surface area (Å²) in [5, 5.41) is 4.07. The minimum atomic E-state index is 0.180. The van der Waals surface area contributed by atoms with Gasteiger partial charge in [0.1, 0.15) is 0 Å². The van der Waals surface area contributed by atoms with Crippen molar-refractivity contribution >= 4 is 27.5 Å². The third kappa shape index (κ3) is 2.94. The molecule has 0 heterocycles. The lowest BCUT2D eigenvalue weighted by Gasteiger charge is -2.18. The Morgan fingerprint density at radius 3 is 2.22 bits per heavy atom. The smallest absolute Gasteiger partial charge is 0.0574 e. The molecule has 1 atom stereocenters. The van der Waals surface area contributed by atoms with Gasteiger partial charge >= 0.3 is 0 Å². The molecule has 0 radical (unpaired) electrons. The maximum atomic E-state index is 6.03. The number of hydrogen-bond donors (Lipinski definition) is 1. The lowest BCUT2D eigenvalue weighted by molar-refractivity contribution is 0.691. The van der Waals surface area contributed by atoms with Crippen LogP contribution in [0.2, 0.25) is 5.02 Å². The van der Waals surface area contributed by atoms with E-state index >= 15 is 0 Å². The van der Waals surface area contributed by atoms with E-state index in [4.69, 9.17) is 11.6 Å². The molecule has 18 heavy (non-hydrogen) atoms. The van der Waals surface area contributed by atoms with Crippen molar-refractivity contribution in [3.05, 3.63) is 68.7 Å². The van der Waals surface area contributed by atoms with Crippen molar-refractivity contribution < 1.29 is 0 Å². The number of nitrogens with one attached hydrogen (secondary N) is 1. The van der Waals surface area contributed by atoms with Gasteiger partial charge in [0.05, 0.1) is 11.1 Å². The topological polar surface area (TPSA) is 12.0 Å². The molecule has 3 heteroatoms. The van der Waals surface area contributed by atoms with Crippen molar-refractivity contribution in [1.82, 2.24) is 5.32 Å². The monoisotopic (exact) mass is 323 g/mol. The van der Waals surface area contributed by atoms with Gasteiger partial charge in [-0.15, -0.1) is 0 Å². The van der Waals surface area contributed by atoms with Crippen molar-refractivity contribution in [2.45, 2.75) is 13.0 Å². The van der Waals surface area contributed by atoms with Crippen molar-refractivity contribution in [3.63, 3.8) is 0 Å². The number of halogens is 2. The van der Waals surface area contributed by atoms with Crippen LogP contribution >= 0.6 is 27.5 Å². The highest BCUT2D eigenvalue weighted by Gasteiger charge is 2.12. The standard InChI is InChI=1S/C15H15BrClN/c1-10-3-5-11(6-4-10)15(18-2)12-7-8-14(17)13(16)9-12/h3-9,15,18H,1-2H3. The first-order chi connectivity index (χ1) is 8.61. The molecular formula is C15H15BrClN. The minimum absolute atomic E-state index is 0.180. The maximum absolute atomic E-state index is 6.03. The van der Waals surface area contributed by atoms with E-state index in [-0.39, 0.29) is 6.04 Å². The van der Waals surface area contributed by atoms with E-state index in [1.54, 1.807) is 0 Å². The van der Waals surface area contributed by atoms with Crippen LogP contribution in [0.4, 0.5) is 0 Å². The molecule has 0 aliphatic carbocycles. The Morgan fingerprint density at radius 2 is 1.67 bits per heavy atom. The van der Waals surface area contributed by atoms with E-state index in [9.17, 15) is 0 Å². The molecule has 1 unspecified atom stereocenters. The van der Waals surface area contributed by atoms with Crippen LogP contribution in [0.1, 0.15) is 22.7 Å². The molecule has 0 fully saturated rings. The average Bonchev–Trinajstić information content (AvgIpc) is 2.37. The van der Waals surface area contributed by atoms with E-state index in [1.807, 2.05) is 19.2 Å². The maximum Gasteiger partial charge on any atom is 0.0574 e. The summed E-state index contributed by atoms with van der Waals surface area (Å²) in [4.78, 5) is 0. The number of hydrogen-bond acceptors (Lipinski definition) is 1. The van der Waals surface area contributed by atoms with Gasteiger partial charge in [-0.2, -0.15) is 0 Å². The zero-order valence-electron chi connectivity index (χ0n) is 10.4. The SMILES string of the molecule is CNC(c1ccc(C)cc1)c1ccc(Cl)c(Br)c1. The Bertz CT molecular complexity index is 537. The van der Waals surface area contributed by atoms with E-state index in [1.165, 1.54) is 16.7 Å². The number of benzene rings is 2. The summed E-state index contributed by atoms with van der Waals surface area (Å²) in [6.45, 7) is 2.09. The summed E-state index contributed by atoms with van der Waals surface area (Å²) in [6.07, 6.45) is 0. The highest BCUT2D eigenvalue weighted by molar-refractivity contribution is 9.10. The Morgan fingerprint density at radius 1 is 1.06 bits per heavy atom. The molecule has 0 aliphatic rings. The Balaban J connectivity index is 2.38. The highest BCUT2D eigenvalue weighted by atomic mass is 79.9. The zero-order chi connectivity index (χ0) is 13.1. The van der Waals surface area contributed by atoms with Crippen molar-refractivity contribution in [1.29, 1.82) is 0 Å². The summed E-state index contributed by atoms with van der Waals surface area (Å²) in [5.41, 5.74) is 3.71. The van der Waals surface area contributed by atoms with Gasteiger partial charge in [0.25, 0.3) is 0 Å². The fourth-order valence-electron chi connectivity index (χ4n) is 1.98. The largest absolute Gasteiger partial charge is 0.309 e. The van der Waals surface area contributed by atoms with Gasteiger partial charge in [-0.1, -0.05) is 47.5 Å². The quantitative estimate of drug-likeness (QED) is 0.861. The van der Waals surface area contributed by atoms with Crippen LogP contribution in [0.5, 0.6) is 0 Å². The van der Waals surface area contributed by atoms with Gasteiger partial charge in [-0.05, 0) is 53.2 Å². The van der Waals surface area contributed by atoms with Gasteiger partial charge < -0.3 is 5.32 Å². The Hall–Kier alpha value is -0.830. The van der Waals surface area contributed by atoms with Gasteiger partial charge in [0, 0.05) is 4.47 Å². The normalized spacial score (nSPS) is 12.4. The number of rotatable bonds is 3. The molecule has 1 N–H and O–H groups in total. The molecule has 2 aromatic carbocycles. The summed E-state index contributed by atoms with van der Waals surface area (Å²) in [6, 6.07) is 14.8. The second-order valence-electron chi connectivity index (χ2n) is 4.31. The fourth-order valence-corrected chi connectivity index (χ4v) is 2.49. The van der Waals surface area contributed by atoms with Crippen LogP contribution < -0.4 is 5.32 Å². The van der Waals surface area contributed by atoms with Crippen molar-refractivity contribution in [3.8, 4) is 0 Å². The van der Waals surface area contributed by atoms with E-state index < -0.39 is 0 Å². The lowest BCUT2D eigenvalue weighted by atomic mass is 9.98. The van der Waals surface area contributed by atoms with Gasteiger partial charge in [-0.3, -0.25) is 0 Å². The third-order valence-corrected chi connectivity index (χ3v) is 4.19. The van der Waals surface area contributed by atoms with E-state index in [0.717, 1.165) is 9.50 Å². The molecule has 0 aromatic heterocycles. The van der Waals surface area contributed by atoms with Gasteiger partial charge in [0.15, 0.2) is 0 Å². The second-order valence-corrected chi connectivity index (χ2v) is 5.57. The summed E-state index contributed by atoms with van der Waals surface area (Å²) < 4.78 is 0.925. The van der Waals surface area contributed by atoms with Crippen LogP contribution in [0.25, 0.3) is 0 Å². The molecule has 0 saturated heterocycles. The molecule has 0 bridgehead atoms. The lowest BCUT2D eigenvalue weighted by Crippen LogP contribution is -2.17. The molecule has 1 nitrogen and oxygen atoms in total. The molecule has 0 spiro atoms. The molecular weight excluding hydrogens is 310 g/mol. The fraction of sp³-hybridized carbons (Fsp3) is 0.200. The molecule has 0 aliphatic heterocycles. The second kappa shape index (κ2) is 5.87. The molecule has 2 rings (SSSR count). The molecule has 94 valence electrons. The first-order valence-corrected chi connectivity index (χ1v) is 6.97. The Labute approximate surface area is 121 Å².